The van der Waals surface area contributed by atoms with Gasteiger partial charge in [-0.05, 0) is 13.8 Å². The largest absolute Gasteiger partial charge is 0.378 e. The molecule has 0 rings (SSSR count). The summed E-state index contributed by atoms with van der Waals surface area (Å²) in [6.07, 6.45) is 0.269. The van der Waals surface area contributed by atoms with Gasteiger partial charge in [0, 0.05) is 6.54 Å². The lowest BCUT2D eigenvalue weighted by Gasteiger charge is -2.16. The Kier molecular flexibility index (Phi) is 11.2. The van der Waals surface area contributed by atoms with Crippen LogP contribution in [-0.4, -0.2) is 52.3 Å². The molecular formula is C10H24NO5P. The van der Waals surface area contributed by atoms with Gasteiger partial charge in [-0.3, -0.25) is 4.57 Å². The summed E-state index contributed by atoms with van der Waals surface area (Å²) in [7, 11) is -2.97. The number of hydrogen-bond donors (Lipinski definition) is 1. The predicted molar refractivity (Wildman–Crippen MR) is 66.4 cm³/mol. The second kappa shape index (κ2) is 11.1. The molecule has 0 unspecified atom stereocenters. The molecule has 0 amide bonds. The van der Waals surface area contributed by atoms with Gasteiger partial charge in [-0.1, -0.05) is 0 Å². The van der Waals surface area contributed by atoms with Crippen molar-refractivity contribution < 1.29 is 23.1 Å². The molecule has 0 fully saturated rings. The van der Waals surface area contributed by atoms with Crippen molar-refractivity contribution in [2.45, 2.75) is 13.8 Å². The van der Waals surface area contributed by atoms with E-state index in [1.165, 1.54) is 0 Å². The lowest BCUT2D eigenvalue weighted by molar-refractivity contribution is 0.0548. The molecule has 17 heavy (non-hydrogen) atoms. The first-order valence-corrected chi connectivity index (χ1v) is 7.65. The Hall–Kier alpha value is 0.0300. The van der Waals surface area contributed by atoms with Crippen LogP contribution in [0.25, 0.3) is 0 Å². The van der Waals surface area contributed by atoms with Crippen LogP contribution >= 0.6 is 7.60 Å². The van der Waals surface area contributed by atoms with Crippen LogP contribution < -0.4 is 5.73 Å². The summed E-state index contributed by atoms with van der Waals surface area (Å²) in [5.41, 5.74) is 5.26. The zero-order chi connectivity index (χ0) is 13.0. The van der Waals surface area contributed by atoms with Gasteiger partial charge in [-0.15, -0.1) is 0 Å². The molecule has 0 atom stereocenters. The molecule has 0 aromatic carbocycles. The highest BCUT2D eigenvalue weighted by Crippen LogP contribution is 2.47. The molecular weight excluding hydrogens is 245 g/mol. The molecule has 0 saturated carbocycles. The molecule has 0 bridgehead atoms. The molecule has 0 aliphatic carbocycles. The van der Waals surface area contributed by atoms with Crippen LogP contribution in [-0.2, 0) is 23.1 Å². The molecule has 0 saturated heterocycles. The zero-order valence-electron chi connectivity index (χ0n) is 10.7. The van der Waals surface area contributed by atoms with E-state index in [9.17, 15) is 4.57 Å². The molecule has 7 heteroatoms. The fourth-order valence-corrected chi connectivity index (χ4v) is 2.61. The third kappa shape index (κ3) is 9.71. The van der Waals surface area contributed by atoms with Gasteiger partial charge in [-0.25, -0.2) is 0 Å². The maximum atomic E-state index is 12.0. The number of ether oxygens (including phenoxy) is 2. The van der Waals surface area contributed by atoms with E-state index < -0.39 is 7.60 Å². The van der Waals surface area contributed by atoms with Crippen molar-refractivity contribution in [3.05, 3.63) is 0 Å². The fraction of sp³-hybridized carbons (Fsp3) is 1.00. The van der Waals surface area contributed by atoms with Gasteiger partial charge in [0.15, 0.2) is 0 Å². The van der Waals surface area contributed by atoms with Gasteiger partial charge < -0.3 is 24.3 Å². The van der Waals surface area contributed by atoms with Gasteiger partial charge in [0.25, 0.3) is 0 Å². The maximum Gasteiger partial charge on any atom is 0.332 e. The summed E-state index contributed by atoms with van der Waals surface area (Å²) in [5.74, 6) is 0. The molecule has 6 nitrogen and oxygen atoms in total. The lowest BCUT2D eigenvalue weighted by atomic mass is 10.7. The van der Waals surface area contributed by atoms with Crippen LogP contribution in [0.2, 0.25) is 0 Å². The Balaban J connectivity index is 3.58. The summed E-state index contributed by atoms with van der Waals surface area (Å²) in [6, 6.07) is 0. The second-order valence-electron chi connectivity index (χ2n) is 3.18. The van der Waals surface area contributed by atoms with E-state index in [4.69, 9.17) is 24.3 Å². The van der Waals surface area contributed by atoms with Crippen molar-refractivity contribution >= 4 is 7.60 Å². The molecule has 0 aliphatic heterocycles. The molecule has 104 valence electrons. The van der Waals surface area contributed by atoms with Gasteiger partial charge in [-0.2, -0.15) is 0 Å². The van der Waals surface area contributed by atoms with E-state index in [0.717, 1.165) is 0 Å². The van der Waals surface area contributed by atoms with Crippen molar-refractivity contribution in [3.8, 4) is 0 Å². The first-order chi connectivity index (χ1) is 8.18. The van der Waals surface area contributed by atoms with Crippen LogP contribution in [0, 0.1) is 0 Å². The van der Waals surface area contributed by atoms with E-state index in [-0.39, 0.29) is 6.16 Å². The van der Waals surface area contributed by atoms with E-state index >= 15 is 0 Å². The van der Waals surface area contributed by atoms with E-state index in [2.05, 4.69) is 0 Å². The van der Waals surface area contributed by atoms with Gasteiger partial charge in [0.1, 0.15) is 0 Å². The highest BCUT2D eigenvalue weighted by molar-refractivity contribution is 7.53. The second-order valence-corrected chi connectivity index (χ2v) is 5.37. The Labute approximate surface area is 103 Å². The van der Waals surface area contributed by atoms with Crippen molar-refractivity contribution in [1.29, 1.82) is 0 Å². The minimum Gasteiger partial charge on any atom is -0.378 e. The molecule has 0 aliphatic rings. The molecule has 0 radical (unpaired) electrons. The van der Waals surface area contributed by atoms with Crippen molar-refractivity contribution in [1.82, 2.24) is 0 Å². The summed E-state index contributed by atoms with van der Waals surface area (Å²) in [4.78, 5) is 0. The minimum atomic E-state index is -2.97. The van der Waals surface area contributed by atoms with Gasteiger partial charge in [0.2, 0.25) is 0 Å². The van der Waals surface area contributed by atoms with Crippen molar-refractivity contribution in [2.75, 3.05) is 52.3 Å². The van der Waals surface area contributed by atoms with E-state index in [1.807, 2.05) is 0 Å². The van der Waals surface area contributed by atoms with Crippen LogP contribution in [0.3, 0.4) is 0 Å². The standard InChI is InChI=1S/C10H24NO5P/c1-3-15-17(12,16-4-2)10-9-14-8-7-13-6-5-11/h3-11H2,1-2H3. The predicted octanol–water partition coefficient (Wildman–Crippen LogP) is 1.24. The van der Waals surface area contributed by atoms with Crippen LogP contribution in [0.5, 0.6) is 0 Å². The Morgan fingerprint density at radius 3 is 1.94 bits per heavy atom. The zero-order valence-corrected chi connectivity index (χ0v) is 11.6. The van der Waals surface area contributed by atoms with Crippen LogP contribution in [0.1, 0.15) is 13.8 Å². The Morgan fingerprint density at radius 1 is 0.941 bits per heavy atom. The summed E-state index contributed by atoms with van der Waals surface area (Å²) >= 11 is 0. The summed E-state index contributed by atoms with van der Waals surface area (Å²) in [6.45, 7) is 6.63. The van der Waals surface area contributed by atoms with Gasteiger partial charge in [0.05, 0.1) is 45.8 Å². The molecule has 0 aromatic heterocycles. The molecule has 0 spiro atoms. The Morgan fingerprint density at radius 2 is 1.47 bits per heavy atom. The fourth-order valence-electron chi connectivity index (χ4n) is 1.14. The monoisotopic (exact) mass is 269 g/mol. The minimum absolute atomic E-state index is 0.269. The Bertz CT molecular complexity index is 205. The van der Waals surface area contributed by atoms with Crippen LogP contribution in [0.4, 0.5) is 0 Å². The SMILES string of the molecule is CCOP(=O)(CCOCCOCCN)OCC. The third-order valence-electron chi connectivity index (χ3n) is 1.80. The summed E-state index contributed by atoms with van der Waals surface area (Å²) < 4.78 is 32.6. The molecule has 2 N–H and O–H groups in total. The maximum absolute atomic E-state index is 12.0. The topological polar surface area (TPSA) is 80.0 Å². The lowest BCUT2D eigenvalue weighted by Crippen LogP contribution is -2.13. The quantitative estimate of drug-likeness (QED) is 0.424. The van der Waals surface area contributed by atoms with Gasteiger partial charge >= 0.3 is 7.60 Å². The first-order valence-electron chi connectivity index (χ1n) is 5.92. The molecule has 0 heterocycles. The van der Waals surface area contributed by atoms with Crippen molar-refractivity contribution in [2.24, 2.45) is 5.73 Å². The van der Waals surface area contributed by atoms with E-state index in [0.29, 0.717) is 46.2 Å². The average molecular weight is 269 g/mol. The third-order valence-corrected chi connectivity index (χ3v) is 3.83. The number of nitrogens with two attached hydrogens (primary N) is 1. The normalized spacial score (nSPS) is 11.9. The smallest absolute Gasteiger partial charge is 0.332 e. The van der Waals surface area contributed by atoms with E-state index in [1.54, 1.807) is 13.8 Å². The highest BCUT2D eigenvalue weighted by Gasteiger charge is 2.22. The number of rotatable bonds is 12. The van der Waals surface area contributed by atoms with Crippen molar-refractivity contribution in [3.63, 3.8) is 0 Å². The number of hydrogen-bond acceptors (Lipinski definition) is 6. The van der Waals surface area contributed by atoms with Crippen LogP contribution in [0.15, 0.2) is 0 Å². The summed E-state index contributed by atoms with van der Waals surface area (Å²) in [5, 5.41) is 0. The molecule has 0 aromatic rings. The average Bonchev–Trinajstić information content (AvgIpc) is 2.28. The highest BCUT2D eigenvalue weighted by atomic mass is 31.2. The first kappa shape index (κ1) is 17.0.